The molecule has 1 aromatic heterocycles. The predicted octanol–water partition coefficient (Wildman–Crippen LogP) is 2.73. The molecule has 0 aliphatic heterocycles. The average molecular weight is 289 g/mol. The van der Waals surface area contributed by atoms with Crippen molar-refractivity contribution in [1.82, 2.24) is 4.98 Å². The van der Waals surface area contributed by atoms with Crippen LogP contribution in [-0.2, 0) is 11.0 Å². The fourth-order valence-corrected chi connectivity index (χ4v) is 1.68. The molecular weight excluding hydrogens is 276 g/mol. The van der Waals surface area contributed by atoms with Crippen LogP contribution in [0.2, 0.25) is 0 Å². The maximum absolute atomic E-state index is 11.6. The van der Waals surface area contributed by atoms with Crippen LogP contribution in [0.1, 0.15) is 26.3 Å². The Balaban J connectivity index is 2.79. The summed E-state index contributed by atoms with van der Waals surface area (Å²) >= 11 is 3.26. The summed E-state index contributed by atoms with van der Waals surface area (Å²) in [5, 5.41) is 0. The van der Waals surface area contributed by atoms with Crippen LogP contribution in [0.5, 0.6) is 0 Å². The van der Waals surface area contributed by atoms with Crippen molar-refractivity contribution in [3.05, 3.63) is 28.5 Å². The van der Waals surface area contributed by atoms with Crippen LogP contribution in [0.15, 0.2) is 27.3 Å². The second-order valence-corrected chi connectivity index (χ2v) is 6.75. The Morgan fingerprint density at radius 2 is 2.20 bits per heavy atom. The maximum atomic E-state index is 11.6. The Bertz CT molecular complexity index is 399. The molecular formula is C10H13BrN2OS. The highest BCUT2D eigenvalue weighted by molar-refractivity contribution is 9.10. The highest BCUT2D eigenvalue weighted by Crippen LogP contribution is 2.12. The van der Waals surface area contributed by atoms with Gasteiger partial charge in [-0.15, -0.1) is 0 Å². The molecule has 0 N–H and O–H groups in total. The molecule has 0 radical (unpaired) electrons. The van der Waals surface area contributed by atoms with Gasteiger partial charge >= 0.3 is 0 Å². The van der Waals surface area contributed by atoms with Crippen molar-refractivity contribution in [3.63, 3.8) is 0 Å². The number of halogens is 1. The summed E-state index contributed by atoms with van der Waals surface area (Å²) in [6.07, 6.45) is 3.28. The van der Waals surface area contributed by atoms with Gasteiger partial charge in [0.25, 0.3) is 0 Å². The molecule has 1 unspecified atom stereocenters. The third-order valence-corrected chi connectivity index (χ3v) is 3.35. The van der Waals surface area contributed by atoms with Gasteiger partial charge in [-0.1, -0.05) is 0 Å². The largest absolute Gasteiger partial charge is 0.249 e. The van der Waals surface area contributed by atoms with E-state index >= 15 is 0 Å². The van der Waals surface area contributed by atoms with Crippen molar-refractivity contribution in [2.45, 2.75) is 25.5 Å². The van der Waals surface area contributed by atoms with Crippen LogP contribution >= 0.6 is 15.9 Å². The molecule has 0 saturated heterocycles. The minimum absolute atomic E-state index is 0.319. The number of rotatable bonds is 2. The quantitative estimate of drug-likeness (QED) is 0.620. The molecule has 0 aliphatic rings. The van der Waals surface area contributed by atoms with Gasteiger partial charge in [-0.3, -0.25) is 0 Å². The van der Waals surface area contributed by atoms with Crippen molar-refractivity contribution in [3.8, 4) is 0 Å². The van der Waals surface area contributed by atoms with Crippen LogP contribution in [0.25, 0.3) is 0 Å². The molecule has 1 rings (SSSR count). The molecule has 1 heterocycles. The van der Waals surface area contributed by atoms with Crippen molar-refractivity contribution >= 4 is 33.1 Å². The fourth-order valence-electron chi connectivity index (χ4n) is 0.765. The Hall–Kier alpha value is -0.550. The Morgan fingerprint density at radius 3 is 2.73 bits per heavy atom. The normalized spacial score (nSPS) is 14.4. The first-order valence-corrected chi connectivity index (χ1v) is 6.37. The van der Waals surface area contributed by atoms with Gasteiger partial charge in [0.05, 0.1) is 4.75 Å². The van der Waals surface area contributed by atoms with Crippen molar-refractivity contribution in [1.29, 1.82) is 0 Å². The van der Waals surface area contributed by atoms with Gasteiger partial charge < -0.3 is 0 Å². The van der Waals surface area contributed by atoms with Gasteiger partial charge in [-0.25, -0.2) is 9.19 Å². The van der Waals surface area contributed by atoms with Crippen molar-refractivity contribution in [2.75, 3.05) is 0 Å². The van der Waals surface area contributed by atoms with Gasteiger partial charge in [-0.2, -0.15) is 4.40 Å². The molecule has 0 aromatic carbocycles. The zero-order chi connectivity index (χ0) is 11.5. The zero-order valence-electron chi connectivity index (χ0n) is 8.90. The van der Waals surface area contributed by atoms with E-state index in [1.165, 1.54) is 0 Å². The lowest BCUT2D eigenvalue weighted by molar-refractivity contribution is 0.651. The Morgan fingerprint density at radius 1 is 1.53 bits per heavy atom. The fraction of sp³-hybridized carbons (Fsp3) is 0.400. The van der Waals surface area contributed by atoms with Gasteiger partial charge in [0.2, 0.25) is 0 Å². The SMILES string of the molecule is CC(C)(C)S(=O)/N=C/c1ccnc(Br)c1. The summed E-state index contributed by atoms with van der Waals surface area (Å²) in [4.78, 5) is 3.99. The van der Waals surface area contributed by atoms with Crippen LogP contribution < -0.4 is 0 Å². The standard InChI is InChI=1S/C10H13BrN2OS/c1-10(2,3)15(14)13-7-8-4-5-12-9(11)6-8/h4-7H,1-3H3/b13-7+. The molecule has 0 aliphatic carbocycles. The van der Waals surface area contributed by atoms with E-state index in [-0.39, 0.29) is 4.75 Å². The predicted molar refractivity (Wildman–Crippen MR) is 67.4 cm³/mol. The topological polar surface area (TPSA) is 42.3 Å². The maximum Gasteiger partial charge on any atom is 0.144 e. The molecule has 0 saturated carbocycles. The lowest BCUT2D eigenvalue weighted by Crippen LogP contribution is -2.19. The van der Waals surface area contributed by atoms with E-state index in [1.807, 2.05) is 32.9 Å². The number of nitrogens with zero attached hydrogens (tertiary/aromatic N) is 2. The smallest absolute Gasteiger partial charge is 0.144 e. The molecule has 0 bridgehead atoms. The van der Waals surface area contributed by atoms with E-state index in [0.717, 1.165) is 10.2 Å². The monoisotopic (exact) mass is 288 g/mol. The number of pyridine rings is 1. The molecule has 1 atom stereocenters. The van der Waals surface area contributed by atoms with Crippen molar-refractivity contribution in [2.24, 2.45) is 4.40 Å². The third-order valence-electron chi connectivity index (χ3n) is 1.57. The Kier molecular flexibility index (Phi) is 4.16. The number of hydrogen-bond donors (Lipinski definition) is 0. The highest BCUT2D eigenvalue weighted by atomic mass is 79.9. The van der Waals surface area contributed by atoms with Crippen LogP contribution in [0.3, 0.4) is 0 Å². The molecule has 3 nitrogen and oxygen atoms in total. The summed E-state index contributed by atoms with van der Waals surface area (Å²) in [6.45, 7) is 5.68. The second kappa shape index (κ2) is 4.99. The van der Waals surface area contributed by atoms with E-state index < -0.39 is 11.0 Å². The number of hydrogen-bond acceptors (Lipinski definition) is 2. The molecule has 0 amide bonds. The summed E-state index contributed by atoms with van der Waals surface area (Å²) < 4.78 is 16.0. The van der Waals surface area contributed by atoms with Crippen LogP contribution in [0.4, 0.5) is 0 Å². The average Bonchev–Trinajstić information content (AvgIpc) is 2.12. The van der Waals surface area contributed by atoms with E-state index in [2.05, 4.69) is 25.3 Å². The van der Waals surface area contributed by atoms with E-state index in [1.54, 1.807) is 12.4 Å². The zero-order valence-corrected chi connectivity index (χ0v) is 11.3. The van der Waals surface area contributed by atoms with Crippen LogP contribution in [-0.4, -0.2) is 20.2 Å². The minimum Gasteiger partial charge on any atom is -0.249 e. The van der Waals surface area contributed by atoms with Crippen LogP contribution in [0, 0.1) is 0 Å². The molecule has 82 valence electrons. The third kappa shape index (κ3) is 4.22. The van der Waals surface area contributed by atoms with Gasteiger partial charge in [0, 0.05) is 12.4 Å². The first-order chi connectivity index (χ1) is 6.89. The summed E-state index contributed by atoms with van der Waals surface area (Å²) in [6, 6.07) is 3.64. The van der Waals surface area contributed by atoms with E-state index in [9.17, 15) is 4.21 Å². The summed E-state index contributed by atoms with van der Waals surface area (Å²) in [5.41, 5.74) is 0.884. The van der Waals surface area contributed by atoms with Gasteiger partial charge in [0.1, 0.15) is 15.6 Å². The molecule has 0 fully saturated rings. The second-order valence-electron chi connectivity index (χ2n) is 4.01. The van der Waals surface area contributed by atoms with E-state index in [0.29, 0.717) is 0 Å². The lowest BCUT2D eigenvalue weighted by atomic mass is 10.3. The van der Waals surface area contributed by atoms with Crippen molar-refractivity contribution < 1.29 is 4.21 Å². The number of aromatic nitrogens is 1. The summed E-state index contributed by atoms with van der Waals surface area (Å²) in [7, 11) is -1.21. The Labute approximate surface area is 101 Å². The van der Waals surface area contributed by atoms with Gasteiger partial charge in [0.15, 0.2) is 0 Å². The minimum atomic E-state index is -1.21. The molecule has 15 heavy (non-hydrogen) atoms. The molecule has 1 aromatic rings. The van der Waals surface area contributed by atoms with Gasteiger partial charge in [-0.05, 0) is 54.4 Å². The van der Waals surface area contributed by atoms with E-state index in [4.69, 9.17) is 0 Å². The molecule has 0 spiro atoms. The lowest BCUT2D eigenvalue weighted by Gasteiger charge is -2.12. The molecule has 5 heteroatoms. The first-order valence-electron chi connectivity index (χ1n) is 4.47. The summed E-state index contributed by atoms with van der Waals surface area (Å²) in [5.74, 6) is 0. The first kappa shape index (κ1) is 12.5. The highest BCUT2D eigenvalue weighted by Gasteiger charge is 2.17.